The summed E-state index contributed by atoms with van der Waals surface area (Å²) < 4.78 is 0. The molecule has 12 heavy (non-hydrogen) atoms. The van der Waals surface area contributed by atoms with Gasteiger partial charge in [-0.1, -0.05) is 35.9 Å². The van der Waals surface area contributed by atoms with Gasteiger partial charge in [0.05, 0.1) is 5.16 Å². The van der Waals surface area contributed by atoms with Crippen molar-refractivity contribution in [2.45, 2.75) is 13.8 Å². The summed E-state index contributed by atoms with van der Waals surface area (Å²) in [6.07, 6.45) is 0. The summed E-state index contributed by atoms with van der Waals surface area (Å²) >= 11 is 4.23. The molecule has 1 aromatic rings. The summed E-state index contributed by atoms with van der Waals surface area (Å²) in [4.78, 5) is 3.54. The number of thiocarbonyl (C=S) groups is 1. The van der Waals surface area contributed by atoms with Crippen LogP contribution in [0.5, 0.6) is 0 Å². The third-order valence-corrected chi connectivity index (χ3v) is 1.29. The van der Waals surface area contributed by atoms with E-state index in [1.807, 2.05) is 25.1 Å². The Morgan fingerprint density at radius 2 is 1.92 bits per heavy atom. The van der Waals surface area contributed by atoms with Gasteiger partial charge in [0.1, 0.15) is 0 Å². The van der Waals surface area contributed by atoms with Gasteiger partial charge in [-0.25, -0.2) is 4.99 Å². The molecule has 0 aliphatic carbocycles. The fraction of sp³-hybridized carbons (Fsp3) is 0.300. The van der Waals surface area contributed by atoms with Crippen LogP contribution >= 0.6 is 12.2 Å². The second kappa shape index (κ2) is 8.12. The molecular formula is C10H13NS. The molecule has 0 saturated carbocycles. The van der Waals surface area contributed by atoms with Gasteiger partial charge in [-0.2, -0.15) is 0 Å². The molecule has 0 bridgehead atoms. The van der Waals surface area contributed by atoms with E-state index >= 15 is 0 Å². The van der Waals surface area contributed by atoms with Gasteiger partial charge in [-0.15, -0.1) is 0 Å². The van der Waals surface area contributed by atoms with E-state index in [0.717, 1.165) is 6.54 Å². The maximum Gasteiger partial charge on any atom is 0.0584 e. The van der Waals surface area contributed by atoms with Gasteiger partial charge in [0.25, 0.3) is 0 Å². The SMILES string of the molecule is CCN=C=S.Cc1ccccc1. The lowest BCUT2D eigenvalue weighted by molar-refractivity contribution is 1.15. The van der Waals surface area contributed by atoms with Gasteiger partial charge in [0.15, 0.2) is 0 Å². The zero-order chi connectivity index (χ0) is 9.23. The van der Waals surface area contributed by atoms with Crippen LogP contribution in [0.15, 0.2) is 35.3 Å². The van der Waals surface area contributed by atoms with Gasteiger partial charge in [0.2, 0.25) is 0 Å². The predicted octanol–water partition coefficient (Wildman–Crippen LogP) is 3.10. The molecule has 0 saturated heterocycles. The van der Waals surface area contributed by atoms with Crippen LogP contribution in [-0.4, -0.2) is 11.7 Å². The zero-order valence-electron chi connectivity index (χ0n) is 7.45. The molecule has 0 atom stereocenters. The molecule has 1 nitrogen and oxygen atoms in total. The topological polar surface area (TPSA) is 12.4 Å². The van der Waals surface area contributed by atoms with Crippen molar-refractivity contribution < 1.29 is 0 Å². The van der Waals surface area contributed by atoms with E-state index in [-0.39, 0.29) is 0 Å². The number of benzene rings is 1. The van der Waals surface area contributed by atoms with Crippen LogP contribution in [0.25, 0.3) is 0 Å². The molecule has 0 fully saturated rings. The predicted molar refractivity (Wildman–Crippen MR) is 56.7 cm³/mol. The van der Waals surface area contributed by atoms with Crippen molar-refractivity contribution in [3.8, 4) is 0 Å². The van der Waals surface area contributed by atoms with E-state index in [0.29, 0.717) is 0 Å². The van der Waals surface area contributed by atoms with Gasteiger partial charge < -0.3 is 0 Å². The lowest BCUT2D eigenvalue weighted by atomic mass is 10.2. The molecule has 0 N–H and O–H groups in total. The van der Waals surface area contributed by atoms with Crippen LogP contribution in [-0.2, 0) is 0 Å². The van der Waals surface area contributed by atoms with E-state index in [1.165, 1.54) is 5.56 Å². The largest absolute Gasteiger partial charge is 0.233 e. The molecule has 2 heteroatoms. The Kier molecular flexibility index (Phi) is 7.46. The number of aryl methyl sites for hydroxylation is 1. The molecule has 1 aromatic carbocycles. The maximum absolute atomic E-state index is 4.23. The number of hydrogen-bond acceptors (Lipinski definition) is 2. The van der Waals surface area contributed by atoms with Gasteiger partial charge in [-0.3, -0.25) is 0 Å². The van der Waals surface area contributed by atoms with Crippen LogP contribution in [0.4, 0.5) is 0 Å². The molecule has 0 aliphatic rings. The number of isothiocyanates is 1. The molecule has 0 aliphatic heterocycles. The number of nitrogens with zero attached hydrogens (tertiary/aromatic N) is 1. The Labute approximate surface area is 79.2 Å². The van der Waals surface area contributed by atoms with Crippen molar-refractivity contribution in [2.24, 2.45) is 4.99 Å². The lowest BCUT2D eigenvalue weighted by Crippen LogP contribution is -1.62. The van der Waals surface area contributed by atoms with Crippen molar-refractivity contribution >= 4 is 17.4 Å². The third kappa shape index (κ3) is 7.13. The van der Waals surface area contributed by atoms with E-state index in [4.69, 9.17) is 0 Å². The normalized spacial score (nSPS) is 7.50. The molecular weight excluding hydrogens is 166 g/mol. The van der Waals surface area contributed by atoms with Crippen molar-refractivity contribution in [2.75, 3.05) is 6.54 Å². The maximum atomic E-state index is 4.23. The highest BCUT2D eigenvalue weighted by molar-refractivity contribution is 7.78. The highest BCUT2D eigenvalue weighted by Crippen LogP contribution is 1.92. The van der Waals surface area contributed by atoms with Crippen molar-refractivity contribution in [3.63, 3.8) is 0 Å². The van der Waals surface area contributed by atoms with E-state index in [2.05, 4.69) is 41.4 Å². The Morgan fingerprint density at radius 1 is 1.33 bits per heavy atom. The minimum absolute atomic E-state index is 0.753. The Hall–Kier alpha value is -0.980. The van der Waals surface area contributed by atoms with E-state index < -0.39 is 0 Å². The molecule has 0 amide bonds. The van der Waals surface area contributed by atoms with Crippen molar-refractivity contribution in [1.82, 2.24) is 0 Å². The summed E-state index contributed by atoms with van der Waals surface area (Å²) in [5.74, 6) is 0. The minimum atomic E-state index is 0.753. The zero-order valence-corrected chi connectivity index (χ0v) is 8.27. The van der Waals surface area contributed by atoms with E-state index in [9.17, 15) is 0 Å². The summed E-state index contributed by atoms with van der Waals surface area (Å²) in [6, 6.07) is 10.3. The van der Waals surface area contributed by atoms with Gasteiger partial charge in [0, 0.05) is 6.54 Å². The van der Waals surface area contributed by atoms with E-state index in [1.54, 1.807) is 0 Å². The summed E-state index contributed by atoms with van der Waals surface area (Å²) in [5, 5.41) is 2.23. The fourth-order valence-corrected chi connectivity index (χ4v) is 0.728. The number of hydrogen-bond donors (Lipinski definition) is 0. The Balaban J connectivity index is 0.000000217. The molecule has 1 rings (SSSR count). The molecule has 0 spiro atoms. The second-order valence-corrected chi connectivity index (χ2v) is 2.40. The monoisotopic (exact) mass is 179 g/mol. The molecule has 0 aromatic heterocycles. The van der Waals surface area contributed by atoms with Crippen LogP contribution in [0.1, 0.15) is 12.5 Å². The summed E-state index contributed by atoms with van der Waals surface area (Å²) in [5.41, 5.74) is 1.32. The molecule has 0 radical (unpaired) electrons. The summed E-state index contributed by atoms with van der Waals surface area (Å²) in [7, 11) is 0. The molecule has 0 unspecified atom stereocenters. The Morgan fingerprint density at radius 3 is 2.08 bits per heavy atom. The van der Waals surface area contributed by atoms with Crippen LogP contribution in [0.2, 0.25) is 0 Å². The molecule has 64 valence electrons. The van der Waals surface area contributed by atoms with Crippen molar-refractivity contribution in [1.29, 1.82) is 0 Å². The lowest BCUT2D eigenvalue weighted by Gasteiger charge is -1.82. The first-order valence-corrected chi connectivity index (χ1v) is 4.27. The molecule has 0 heterocycles. The first kappa shape index (κ1) is 11.0. The van der Waals surface area contributed by atoms with Crippen LogP contribution < -0.4 is 0 Å². The van der Waals surface area contributed by atoms with Crippen LogP contribution in [0.3, 0.4) is 0 Å². The standard InChI is InChI=1S/C7H8.C3H5NS/c1-7-5-3-2-4-6-7;1-2-4-3-5/h2-6H,1H3;2H2,1H3. The second-order valence-electron chi connectivity index (χ2n) is 2.22. The first-order chi connectivity index (χ1) is 5.81. The third-order valence-electron chi connectivity index (χ3n) is 1.16. The minimum Gasteiger partial charge on any atom is -0.233 e. The van der Waals surface area contributed by atoms with Crippen LogP contribution in [0, 0.1) is 6.92 Å². The fourth-order valence-electron chi connectivity index (χ4n) is 0.599. The highest BCUT2D eigenvalue weighted by Gasteiger charge is 1.72. The average Bonchev–Trinajstić information content (AvgIpc) is 2.08. The quantitative estimate of drug-likeness (QED) is 0.476. The number of aliphatic imine (C=N–C) groups is 1. The average molecular weight is 179 g/mol. The Bertz CT molecular complexity index is 237. The highest BCUT2D eigenvalue weighted by atomic mass is 32.1. The summed E-state index contributed by atoms with van der Waals surface area (Å²) in [6.45, 7) is 4.75. The van der Waals surface area contributed by atoms with Gasteiger partial charge >= 0.3 is 0 Å². The number of rotatable bonds is 1. The van der Waals surface area contributed by atoms with Crippen molar-refractivity contribution in [3.05, 3.63) is 35.9 Å². The first-order valence-electron chi connectivity index (χ1n) is 3.86. The smallest absolute Gasteiger partial charge is 0.0584 e. The van der Waals surface area contributed by atoms with Gasteiger partial charge in [-0.05, 0) is 26.1 Å².